The molecule has 0 N–H and O–H groups in total. The summed E-state index contributed by atoms with van der Waals surface area (Å²) >= 11 is 0. The summed E-state index contributed by atoms with van der Waals surface area (Å²) < 4.78 is 12.6. The zero-order valence-corrected chi connectivity index (χ0v) is 26.6. The van der Waals surface area contributed by atoms with Crippen molar-refractivity contribution in [1.29, 1.82) is 0 Å². The summed E-state index contributed by atoms with van der Waals surface area (Å²) in [5, 5.41) is 0. The first-order chi connectivity index (χ1) is 19.7. The number of hydrogen-bond acceptors (Lipinski definition) is 6. The SMILES string of the molecule is CCCC(=O)O[C@@H]1[C@@H](N2CCCCC2)C[C@H]2[C@@H]3CC[C@H]4C[C@H](OC(C)=O)[C@@H](N5CCCCC5)C[C@]4(C)[C@H]3CC[C@]12C. The van der Waals surface area contributed by atoms with Gasteiger partial charge < -0.3 is 9.47 Å². The topological polar surface area (TPSA) is 59.1 Å². The Morgan fingerprint density at radius 3 is 2.07 bits per heavy atom. The van der Waals surface area contributed by atoms with Crippen molar-refractivity contribution in [3.05, 3.63) is 0 Å². The number of esters is 2. The minimum Gasteiger partial charge on any atom is -0.461 e. The average Bonchev–Trinajstić information content (AvgIpc) is 3.26. The number of rotatable bonds is 6. The van der Waals surface area contributed by atoms with Crippen LogP contribution in [0.3, 0.4) is 0 Å². The number of ether oxygens (including phenoxy) is 2. The molecule has 0 spiro atoms. The molecule has 4 aliphatic carbocycles. The number of carbonyl (C=O) groups excluding carboxylic acids is 2. The van der Waals surface area contributed by atoms with E-state index in [0.29, 0.717) is 41.7 Å². The molecule has 6 rings (SSSR count). The molecular formula is C35H58N2O4. The van der Waals surface area contributed by atoms with Crippen LogP contribution in [0.2, 0.25) is 0 Å². The van der Waals surface area contributed by atoms with Gasteiger partial charge in [-0.15, -0.1) is 0 Å². The molecule has 0 aromatic heterocycles. The molecule has 2 heterocycles. The summed E-state index contributed by atoms with van der Waals surface area (Å²) in [7, 11) is 0. The van der Waals surface area contributed by atoms with Gasteiger partial charge in [-0.2, -0.15) is 0 Å². The highest BCUT2D eigenvalue weighted by atomic mass is 16.5. The maximum atomic E-state index is 13.0. The van der Waals surface area contributed by atoms with E-state index in [1.54, 1.807) is 6.92 Å². The molecule has 6 aliphatic rings. The van der Waals surface area contributed by atoms with Gasteiger partial charge in [-0.3, -0.25) is 19.4 Å². The maximum absolute atomic E-state index is 13.0. The summed E-state index contributed by atoms with van der Waals surface area (Å²) in [5.41, 5.74) is 0.373. The molecule has 4 saturated carbocycles. The van der Waals surface area contributed by atoms with Gasteiger partial charge in [0.2, 0.25) is 0 Å². The van der Waals surface area contributed by atoms with Crippen molar-refractivity contribution in [3.63, 3.8) is 0 Å². The first kappa shape index (κ1) is 29.9. The molecule has 6 heteroatoms. The number of nitrogens with zero attached hydrogens (tertiary/aromatic N) is 2. The van der Waals surface area contributed by atoms with Crippen LogP contribution in [0.15, 0.2) is 0 Å². The molecule has 6 fully saturated rings. The predicted molar refractivity (Wildman–Crippen MR) is 161 cm³/mol. The van der Waals surface area contributed by atoms with Crippen molar-refractivity contribution in [3.8, 4) is 0 Å². The number of carbonyl (C=O) groups is 2. The number of fused-ring (bicyclic) bond motifs is 5. The Morgan fingerprint density at radius 2 is 1.44 bits per heavy atom. The molecule has 41 heavy (non-hydrogen) atoms. The van der Waals surface area contributed by atoms with Gasteiger partial charge in [0.25, 0.3) is 0 Å². The standard InChI is InChI=1S/C35H58N2O4/c1-5-12-32(39)41-33-29(36-17-8-6-9-18-36)22-28-26-14-13-25-21-31(40-24(2)38)30(37-19-10-7-11-20-37)23-35(25,4)27(26)15-16-34(28,33)3/h25-31,33H,5-23H2,1-4H3/t25-,26+,27-,28-,29-,30-,31-,33+,34-,35-/m0/s1. The Hall–Kier alpha value is -1.14. The second-order valence-corrected chi connectivity index (χ2v) is 15.5. The molecule has 0 bridgehead atoms. The van der Waals surface area contributed by atoms with E-state index in [9.17, 15) is 9.59 Å². The summed E-state index contributed by atoms with van der Waals surface area (Å²) in [6, 6.07) is 0.746. The second kappa shape index (κ2) is 12.1. The first-order valence-electron chi connectivity index (χ1n) is 17.6. The van der Waals surface area contributed by atoms with E-state index in [1.807, 2.05) is 0 Å². The Kier molecular flexibility index (Phi) is 8.82. The summed E-state index contributed by atoms with van der Waals surface area (Å²) in [4.78, 5) is 30.6. The van der Waals surface area contributed by atoms with Crippen molar-refractivity contribution >= 4 is 11.9 Å². The van der Waals surface area contributed by atoms with Gasteiger partial charge in [0, 0.05) is 30.8 Å². The monoisotopic (exact) mass is 570 g/mol. The zero-order valence-electron chi connectivity index (χ0n) is 26.6. The molecule has 0 unspecified atom stereocenters. The third-order valence-corrected chi connectivity index (χ3v) is 13.3. The normalized spacial score (nSPS) is 45.3. The van der Waals surface area contributed by atoms with E-state index in [-0.39, 0.29) is 29.6 Å². The van der Waals surface area contributed by atoms with Crippen LogP contribution in [0.5, 0.6) is 0 Å². The quantitative estimate of drug-likeness (QED) is 0.335. The van der Waals surface area contributed by atoms with Gasteiger partial charge >= 0.3 is 11.9 Å². The second-order valence-electron chi connectivity index (χ2n) is 15.5. The fourth-order valence-corrected chi connectivity index (χ4v) is 11.4. The Balaban J connectivity index is 1.27. The lowest BCUT2D eigenvalue weighted by molar-refractivity contribution is -0.180. The maximum Gasteiger partial charge on any atom is 0.306 e. The molecule has 232 valence electrons. The molecule has 2 saturated heterocycles. The van der Waals surface area contributed by atoms with E-state index in [2.05, 4.69) is 30.6 Å². The zero-order chi connectivity index (χ0) is 28.8. The minimum atomic E-state index is -0.110. The third kappa shape index (κ3) is 5.51. The number of hydrogen-bond donors (Lipinski definition) is 0. The molecule has 2 aliphatic heterocycles. The van der Waals surface area contributed by atoms with Crippen LogP contribution in [0.1, 0.15) is 124 Å². The first-order valence-corrected chi connectivity index (χ1v) is 17.6. The van der Waals surface area contributed by atoms with Gasteiger partial charge in [-0.1, -0.05) is 33.6 Å². The fraction of sp³-hybridized carbons (Fsp3) is 0.943. The molecular weight excluding hydrogens is 512 g/mol. The number of piperidine rings is 2. The van der Waals surface area contributed by atoms with E-state index in [0.717, 1.165) is 44.9 Å². The van der Waals surface area contributed by atoms with Crippen molar-refractivity contribution in [2.45, 2.75) is 148 Å². The summed E-state index contributed by atoms with van der Waals surface area (Å²) in [6.07, 6.45) is 17.6. The smallest absolute Gasteiger partial charge is 0.306 e. The lowest BCUT2D eigenvalue weighted by Crippen LogP contribution is -2.61. The van der Waals surface area contributed by atoms with Crippen LogP contribution < -0.4 is 0 Å². The minimum absolute atomic E-state index is 0.0207. The van der Waals surface area contributed by atoms with Crippen LogP contribution in [0.25, 0.3) is 0 Å². The van der Waals surface area contributed by atoms with Gasteiger partial charge in [0.15, 0.2) is 0 Å². The van der Waals surface area contributed by atoms with Crippen molar-refractivity contribution in [2.75, 3.05) is 26.2 Å². The average molecular weight is 571 g/mol. The highest BCUT2D eigenvalue weighted by Crippen LogP contribution is 2.67. The lowest BCUT2D eigenvalue weighted by Gasteiger charge is -2.62. The molecule has 0 amide bonds. The molecule has 10 atom stereocenters. The van der Waals surface area contributed by atoms with E-state index < -0.39 is 0 Å². The summed E-state index contributed by atoms with van der Waals surface area (Å²) in [6.45, 7) is 13.5. The number of likely N-dealkylation sites (tertiary alicyclic amines) is 2. The van der Waals surface area contributed by atoms with E-state index in [4.69, 9.17) is 9.47 Å². The highest BCUT2D eigenvalue weighted by molar-refractivity contribution is 5.69. The lowest BCUT2D eigenvalue weighted by atomic mass is 9.44. The molecule has 0 aromatic rings. The van der Waals surface area contributed by atoms with Crippen LogP contribution in [-0.4, -0.2) is 72.2 Å². The Bertz CT molecular complexity index is 944. The van der Waals surface area contributed by atoms with Crippen LogP contribution in [-0.2, 0) is 19.1 Å². The van der Waals surface area contributed by atoms with E-state index in [1.165, 1.54) is 77.0 Å². The van der Waals surface area contributed by atoms with Crippen molar-refractivity contribution < 1.29 is 19.1 Å². The van der Waals surface area contributed by atoms with Gasteiger partial charge in [-0.05, 0) is 132 Å². The third-order valence-electron chi connectivity index (χ3n) is 13.3. The van der Waals surface area contributed by atoms with Crippen molar-refractivity contribution in [1.82, 2.24) is 9.80 Å². The van der Waals surface area contributed by atoms with E-state index >= 15 is 0 Å². The molecule has 6 nitrogen and oxygen atoms in total. The van der Waals surface area contributed by atoms with Crippen LogP contribution >= 0.6 is 0 Å². The Labute approximate surface area is 249 Å². The van der Waals surface area contributed by atoms with Crippen molar-refractivity contribution in [2.24, 2.45) is 34.5 Å². The van der Waals surface area contributed by atoms with Gasteiger partial charge in [0.05, 0.1) is 0 Å². The van der Waals surface area contributed by atoms with Crippen LogP contribution in [0.4, 0.5) is 0 Å². The van der Waals surface area contributed by atoms with Gasteiger partial charge in [0.1, 0.15) is 12.2 Å². The molecule has 0 aromatic carbocycles. The van der Waals surface area contributed by atoms with Crippen LogP contribution in [0, 0.1) is 34.5 Å². The Morgan fingerprint density at radius 1 is 0.780 bits per heavy atom. The molecule has 0 radical (unpaired) electrons. The predicted octanol–water partition coefficient (Wildman–Crippen LogP) is 6.60. The highest BCUT2D eigenvalue weighted by Gasteiger charge is 2.65. The van der Waals surface area contributed by atoms with Gasteiger partial charge in [-0.25, -0.2) is 0 Å². The largest absolute Gasteiger partial charge is 0.461 e. The fourth-order valence-electron chi connectivity index (χ4n) is 11.4. The summed E-state index contributed by atoms with van der Waals surface area (Å²) in [5.74, 6) is 2.61.